The van der Waals surface area contributed by atoms with E-state index >= 15 is 0 Å². The lowest BCUT2D eigenvalue weighted by atomic mass is 10.1. The van der Waals surface area contributed by atoms with E-state index in [0.717, 1.165) is 12.0 Å². The third-order valence-corrected chi connectivity index (χ3v) is 5.23. The second-order valence-electron chi connectivity index (χ2n) is 6.99. The van der Waals surface area contributed by atoms with Crippen molar-refractivity contribution in [1.82, 2.24) is 9.88 Å². The van der Waals surface area contributed by atoms with Crippen LogP contribution in [0.5, 0.6) is 0 Å². The number of amides is 1. The number of ether oxygens (including phenoxy) is 1. The Morgan fingerprint density at radius 3 is 2.64 bits per heavy atom. The van der Waals surface area contributed by atoms with Crippen LogP contribution in [-0.4, -0.2) is 48.8 Å². The summed E-state index contributed by atoms with van der Waals surface area (Å²) in [6, 6.07) is 8.58. The van der Waals surface area contributed by atoms with Crippen LogP contribution in [0.2, 0.25) is 0 Å². The maximum Gasteiger partial charge on any atom is 0.409 e. The van der Waals surface area contributed by atoms with E-state index in [9.17, 15) is 14.4 Å². The molecule has 146 valence electrons. The minimum Gasteiger partial charge on any atom is -0.450 e. The van der Waals surface area contributed by atoms with Gasteiger partial charge in [0.05, 0.1) is 6.61 Å². The van der Waals surface area contributed by atoms with Crippen molar-refractivity contribution in [2.75, 3.05) is 37.7 Å². The van der Waals surface area contributed by atoms with E-state index < -0.39 is 0 Å². The van der Waals surface area contributed by atoms with Gasteiger partial charge in [0.15, 0.2) is 0 Å². The SMILES string of the molecule is CCOC(=O)N1CCN(c2oc(C3CC3c3ccc(F)cc3)nc2C#N)CC1. The zero-order valence-electron chi connectivity index (χ0n) is 15.6. The summed E-state index contributed by atoms with van der Waals surface area (Å²) in [4.78, 5) is 19.8. The molecule has 1 aliphatic carbocycles. The summed E-state index contributed by atoms with van der Waals surface area (Å²) >= 11 is 0. The largest absolute Gasteiger partial charge is 0.450 e. The molecule has 7 nitrogen and oxygen atoms in total. The summed E-state index contributed by atoms with van der Waals surface area (Å²) in [5.74, 6) is 1.10. The molecular formula is C20H21FN4O3. The molecule has 2 unspecified atom stereocenters. The van der Waals surface area contributed by atoms with Gasteiger partial charge in [-0.05, 0) is 37.0 Å². The van der Waals surface area contributed by atoms with Crippen molar-refractivity contribution in [3.05, 3.63) is 47.2 Å². The summed E-state index contributed by atoms with van der Waals surface area (Å²) in [7, 11) is 0. The van der Waals surface area contributed by atoms with Crippen molar-refractivity contribution >= 4 is 12.0 Å². The molecule has 2 heterocycles. The number of carbonyl (C=O) groups is 1. The van der Waals surface area contributed by atoms with E-state index in [2.05, 4.69) is 11.1 Å². The smallest absolute Gasteiger partial charge is 0.409 e. The maximum absolute atomic E-state index is 13.1. The molecule has 0 spiro atoms. The first-order chi connectivity index (χ1) is 13.6. The van der Waals surface area contributed by atoms with Crippen molar-refractivity contribution in [2.45, 2.75) is 25.2 Å². The van der Waals surface area contributed by atoms with Crippen LogP contribution in [0.1, 0.15) is 42.3 Å². The van der Waals surface area contributed by atoms with Crippen molar-refractivity contribution in [3.63, 3.8) is 0 Å². The standard InChI is InChI=1S/C20H21FN4O3/c1-2-27-20(26)25-9-7-24(8-10-25)19-17(12-22)23-18(28-19)16-11-15(16)13-3-5-14(21)6-4-13/h3-6,15-16H,2,7-11H2,1H3. The molecule has 8 heteroatoms. The van der Waals surface area contributed by atoms with Crippen LogP contribution >= 0.6 is 0 Å². The number of piperazine rings is 1. The van der Waals surface area contributed by atoms with E-state index in [1.54, 1.807) is 24.0 Å². The molecule has 0 N–H and O–H groups in total. The van der Waals surface area contributed by atoms with E-state index in [0.29, 0.717) is 44.6 Å². The van der Waals surface area contributed by atoms with E-state index in [1.165, 1.54) is 12.1 Å². The number of carbonyl (C=O) groups excluding carboxylic acids is 1. The first-order valence-electron chi connectivity index (χ1n) is 9.43. The number of aromatic nitrogens is 1. The first kappa shape index (κ1) is 18.3. The predicted octanol–water partition coefficient (Wildman–Crippen LogP) is 3.23. The minimum atomic E-state index is -0.318. The molecule has 28 heavy (non-hydrogen) atoms. The number of hydrogen-bond acceptors (Lipinski definition) is 6. The Morgan fingerprint density at radius 2 is 2.00 bits per heavy atom. The average Bonchev–Trinajstić information content (AvgIpc) is 3.40. The van der Waals surface area contributed by atoms with Crippen LogP contribution in [0.15, 0.2) is 28.7 Å². The van der Waals surface area contributed by atoms with Gasteiger partial charge < -0.3 is 19.0 Å². The van der Waals surface area contributed by atoms with Gasteiger partial charge in [0.2, 0.25) is 17.5 Å². The van der Waals surface area contributed by atoms with Crippen molar-refractivity contribution < 1.29 is 18.3 Å². The molecule has 2 atom stereocenters. The lowest BCUT2D eigenvalue weighted by Gasteiger charge is -2.33. The number of nitrogens with zero attached hydrogens (tertiary/aromatic N) is 4. The van der Waals surface area contributed by atoms with Crippen LogP contribution in [-0.2, 0) is 4.74 Å². The van der Waals surface area contributed by atoms with Gasteiger partial charge in [0, 0.05) is 32.1 Å². The monoisotopic (exact) mass is 384 g/mol. The summed E-state index contributed by atoms with van der Waals surface area (Å²) in [5.41, 5.74) is 1.32. The molecule has 1 saturated carbocycles. The zero-order chi connectivity index (χ0) is 19.7. The fourth-order valence-electron chi connectivity index (χ4n) is 3.63. The van der Waals surface area contributed by atoms with Gasteiger partial charge in [0.25, 0.3) is 0 Å². The van der Waals surface area contributed by atoms with Gasteiger partial charge in [-0.3, -0.25) is 0 Å². The molecule has 2 aromatic rings. The Kier molecular flexibility index (Phi) is 4.90. The number of hydrogen-bond donors (Lipinski definition) is 0. The molecule has 1 aromatic heterocycles. The summed E-state index contributed by atoms with van der Waals surface area (Å²) in [6.45, 7) is 4.23. The molecule has 0 bridgehead atoms. The molecule has 1 amide bonds. The van der Waals surface area contributed by atoms with Gasteiger partial charge >= 0.3 is 6.09 Å². The second kappa shape index (κ2) is 7.50. The molecule has 1 saturated heterocycles. The third kappa shape index (κ3) is 3.52. The molecule has 0 radical (unpaired) electrons. The van der Waals surface area contributed by atoms with Crippen molar-refractivity contribution in [1.29, 1.82) is 5.26 Å². The highest BCUT2D eigenvalue weighted by atomic mass is 19.1. The third-order valence-electron chi connectivity index (χ3n) is 5.23. The number of nitriles is 1. The van der Waals surface area contributed by atoms with Crippen LogP contribution in [0.25, 0.3) is 0 Å². The molecule has 2 fully saturated rings. The van der Waals surface area contributed by atoms with Crippen molar-refractivity contribution in [2.24, 2.45) is 0 Å². The van der Waals surface area contributed by atoms with Gasteiger partial charge in [0.1, 0.15) is 11.9 Å². The van der Waals surface area contributed by atoms with E-state index in [1.807, 2.05) is 4.90 Å². The first-order valence-corrected chi connectivity index (χ1v) is 9.43. The Labute approximate surface area is 162 Å². The number of rotatable bonds is 4. The number of benzene rings is 1. The van der Waals surface area contributed by atoms with Crippen LogP contribution in [0, 0.1) is 17.1 Å². The van der Waals surface area contributed by atoms with Crippen LogP contribution in [0.3, 0.4) is 0 Å². The van der Waals surface area contributed by atoms with Gasteiger partial charge in [-0.1, -0.05) is 12.1 Å². The summed E-state index contributed by atoms with van der Waals surface area (Å²) in [6.07, 6.45) is 0.550. The number of halogens is 1. The van der Waals surface area contributed by atoms with Crippen molar-refractivity contribution in [3.8, 4) is 6.07 Å². The molecular weight excluding hydrogens is 363 g/mol. The fourth-order valence-corrected chi connectivity index (χ4v) is 3.63. The molecule has 4 rings (SSSR count). The highest BCUT2D eigenvalue weighted by Crippen LogP contribution is 2.54. The van der Waals surface area contributed by atoms with Crippen LogP contribution < -0.4 is 4.90 Å². The number of oxazole rings is 1. The molecule has 1 aromatic carbocycles. The summed E-state index contributed by atoms with van der Waals surface area (Å²) < 4.78 is 24.1. The minimum absolute atomic E-state index is 0.104. The average molecular weight is 384 g/mol. The lowest BCUT2D eigenvalue weighted by molar-refractivity contribution is 0.104. The summed E-state index contributed by atoms with van der Waals surface area (Å²) in [5, 5.41) is 9.46. The Hall–Kier alpha value is -3.08. The quantitative estimate of drug-likeness (QED) is 0.805. The molecule has 2 aliphatic rings. The fraction of sp³-hybridized carbons (Fsp3) is 0.450. The van der Waals surface area contributed by atoms with Gasteiger partial charge in [-0.2, -0.15) is 5.26 Å². The topological polar surface area (TPSA) is 82.6 Å². The second-order valence-corrected chi connectivity index (χ2v) is 6.99. The lowest BCUT2D eigenvalue weighted by Crippen LogP contribution is -2.49. The zero-order valence-corrected chi connectivity index (χ0v) is 15.6. The normalized spacial score (nSPS) is 21.3. The molecule has 1 aliphatic heterocycles. The van der Waals surface area contributed by atoms with E-state index in [-0.39, 0.29) is 29.4 Å². The Balaban J connectivity index is 1.44. The highest BCUT2D eigenvalue weighted by molar-refractivity contribution is 5.68. The van der Waals surface area contributed by atoms with Gasteiger partial charge in [-0.25, -0.2) is 14.2 Å². The maximum atomic E-state index is 13.1. The number of anilines is 1. The highest BCUT2D eigenvalue weighted by Gasteiger charge is 2.44. The Morgan fingerprint density at radius 1 is 1.29 bits per heavy atom. The Bertz CT molecular complexity index is 897. The van der Waals surface area contributed by atoms with Crippen LogP contribution in [0.4, 0.5) is 15.1 Å². The van der Waals surface area contributed by atoms with Gasteiger partial charge in [-0.15, -0.1) is 0 Å². The van der Waals surface area contributed by atoms with E-state index in [4.69, 9.17) is 9.15 Å². The predicted molar refractivity (Wildman–Crippen MR) is 98.5 cm³/mol.